The molecule has 2 aliphatic rings. The van der Waals surface area contributed by atoms with Crippen molar-refractivity contribution in [2.45, 2.75) is 38.5 Å². The highest BCUT2D eigenvalue weighted by Gasteiger charge is 2.29. The Balaban J connectivity index is 1.78. The van der Waals surface area contributed by atoms with Gasteiger partial charge in [0.05, 0.1) is 0 Å². The van der Waals surface area contributed by atoms with Gasteiger partial charge in [0, 0.05) is 11.6 Å². The van der Waals surface area contributed by atoms with Crippen molar-refractivity contribution in [3.05, 3.63) is 0 Å². The van der Waals surface area contributed by atoms with Crippen LogP contribution in [0.4, 0.5) is 0 Å². The highest BCUT2D eigenvalue weighted by Crippen LogP contribution is 2.28. The van der Waals surface area contributed by atoms with E-state index in [1.54, 1.807) is 0 Å². The first-order chi connectivity index (χ1) is 5.86. The first-order valence-electron chi connectivity index (χ1n) is 4.71. The Labute approximate surface area is 72.2 Å². The lowest BCUT2D eigenvalue weighted by molar-refractivity contribution is -0.122. The lowest BCUT2D eigenvalue weighted by Crippen LogP contribution is -2.20. The highest BCUT2D eigenvalue weighted by molar-refractivity contribution is 5.88. The van der Waals surface area contributed by atoms with E-state index in [1.807, 2.05) is 0 Å². The molecule has 12 heavy (non-hydrogen) atoms. The van der Waals surface area contributed by atoms with E-state index in [0.29, 0.717) is 0 Å². The highest BCUT2D eigenvalue weighted by atomic mass is 16.2. The minimum Gasteiger partial charge on any atom is -0.273 e. The molecule has 0 heterocycles. The molecule has 2 saturated carbocycles. The van der Waals surface area contributed by atoms with Crippen LogP contribution in [0.15, 0.2) is 5.10 Å². The average molecular weight is 166 g/mol. The first-order valence-corrected chi connectivity index (χ1v) is 4.71. The summed E-state index contributed by atoms with van der Waals surface area (Å²) in [6.45, 7) is 0. The molecular formula is C9H14N2O. The standard InChI is InChI=1S/C9H14N2O/c12-9(7-5-6-7)11-10-8-3-1-2-4-8/h7H,1-6H2,(H,11,12). The smallest absolute Gasteiger partial charge is 0.243 e. The van der Waals surface area contributed by atoms with Gasteiger partial charge in [0.15, 0.2) is 0 Å². The Morgan fingerprint density at radius 2 is 2.00 bits per heavy atom. The number of carbonyl (C=O) groups is 1. The van der Waals surface area contributed by atoms with Crippen LogP contribution in [0.25, 0.3) is 0 Å². The van der Waals surface area contributed by atoms with Gasteiger partial charge in [0.1, 0.15) is 0 Å². The normalized spacial score (nSPS) is 22.5. The maximum absolute atomic E-state index is 11.1. The number of hydrogen-bond acceptors (Lipinski definition) is 2. The summed E-state index contributed by atoms with van der Waals surface area (Å²) >= 11 is 0. The summed E-state index contributed by atoms with van der Waals surface area (Å²) in [5.74, 6) is 0.394. The Morgan fingerprint density at radius 1 is 1.33 bits per heavy atom. The summed E-state index contributed by atoms with van der Waals surface area (Å²) in [6, 6.07) is 0. The van der Waals surface area contributed by atoms with Crippen molar-refractivity contribution >= 4 is 11.6 Å². The summed E-state index contributed by atoms with van der Waals surface area (Å²) < 4.78 is 0. The van der Waals surface area contributed by atoms with Gasteiger partial charge in [0.2, 0.25) is 5.91 Å². The molecule has 0 unspecified atom stereocenters. The molecule has 1 amide bonds. The van der Waals surface area contributed by atoms with Crippen molar-refractivity contribution in [2.24, 2.45) is 11.0 Å². The number of nitrogens with zero attached hydrogens (tertiary/aromatic N) is 1. The number of carbonyl (C=O) groups excluding carboxylic acids is 1. The van der Waals surface area contributed by atoms with Crippen molar-refractivity contribution in [3.63, 3.8) is 0 Å². The van der Waals surface area contributed by atoms with Crippen LogP contribution in [-0.2, 0) is 4.79 Å². The largest absolute Gasteiger partial charge is 0.273 e. The fraction of sp³-hybridized carbons (Fsp3) is 0.778. The maximum Gasteiger partial charge on any atom is 0.243 e. The molecule has 0 aliphatic heterocycles. The van der Waals surface area contributed by atoms with Gasteiger partial charge >= 0.3 is 0 Å². The quantitative estimate of drug-likeness (QED) is 0.620. The maximum atomic E-state index is 11.1. The van der Waals surface area contributed by atoms with Crippen molar-refractivity contribution in [3.8, 4) is 0 Å². The predicted molar refractivity (Wildman–Crippen MR) is 46.8 cm³/mol. The van der Waals surface area contributed by atoms with E-state index in [-0.39, 0.29) is 11.8 Å². The van der Waals surface area contributed by atoms with Gasteiger partial charge in [-0.3, -0.25) is 4.79 Å². The molecule has 0 bridgehead atoms. The van der Waals surface area contributed by atoms with E-state index in [2.05, 4.69) is 10.5 Å². The second kappa shape index (κ2) is 3.25. The van der Waals surface area contributed by atoms with Crippen LogP contribution in [-0.4, -0.2) is 11.6 Å². The van der Waals surface area contributed by atoms with Crippen molar-refractivity contribution in [2.75, 3.05) is 0 Å². The van der Waals surface area contributed by atoms with Crippen LogP contribution in [0.3, 0.4) is 0 Å². The van der Waals surface area contributed by atoms with Crippen LogP contribution in [0.5, 0.6) is 0 Å². The van der Waals surface area contributed by atoms with E-state index >= 15 is 0 Å². The molecule has 2 aliphatic carbocycles. The minimum absolute atomic E-state index is 0.120. The van der Waals surface area contributed by atoms with E-state index in [9.17, 15) is 4.79 Å². The third kappa shape index (κ3) is 1.84. The van der Waals surface area contributed by atoms with Gasteiger partial charge in [-0.05, 0) is 38.5 Å². The number of nitrogens with one attached hydrogen (secondary N) is 1. The molecule has 66 valence electrons. The number of hydrogen-bond donors (Lipinski definition) is 1. The summed E-state index contributed by atoms with van der Waals surface area (Å²) in [6.07, 6.45) is 6.72. The summed E-state index contributed by atoms with van der Waals surface area (Å²) in [4.78, 5) is 11.1. The van der Waals surface area contributed by atoms with Gasteiger partial charge in [-0.2, -0.15) is 5.10 Å². The molecule has 3 heteroatoms. The first kappa shape index (κ1) is 7.77. The molecule has 0 radical (unpaired) electrons. The Bertz CT molecular complexity index is 211. The monoisotopic (exact) mass is 166 g/mol. The van der Waals surface area contributed by atoms with Crippen LogP contribution in [0.2, 0.25) is 0 Å². The van der Waals surface area contributed by atoms with Crippen LogP contribution >= 0.6 is 0 Å². The molecule has 0 aromatic heterocycles. The number of rotatable bonds is 2. The molecule has 0 saturated heterocycles. The fourth-order valence-corrected chi connectivity index (χ4v) is 1.47. The molecule has 3 nitrogen and oxygen atoms in total. The van der Waals surface area contributed by atoms with E-state index in [0.717, 1.165) is 25.7 Å². The third-order valence-corrected chi connectivity index (χ3v) is 2.45. The van der Waals surface area contributed by atoms with Crippen molar-refractivity contribution < 1.29 is 4.79 Å². The van der Waals surface area contributed by atoms with E-state index < -0.39 is 0 Å². The van der Waals surface area contributed by atoms with Gasteiger partial charge in [-0.25, -0.2) is 5.43 Å². The summed E-state index contributed by atoms with van der Waals surface area (Å²) in [7, 11) is 0. The fourth-order valence-electron chi connectivity index (χ4n) is 1.47. The molecule has 2 fully saturated rings. The zero-order valence-corrected chi connectivity index (χ0v) is 7.18. The molecule has 2 rings (SSSR count). The van der Waals surface area contributed by atoms with Gasteiger partial charge < -0.3 is 0 Å². The molecular weight excluding hydrogens is 152 g/mol. The molecule has 1 N–H and O–H groups in total. The Kier molecular flexibility index (Phi) is 2.11. The zero-order chi connectivity index (χ0) is 8.39. The lowest BCUT2D eigenvalue weighted by Gasteiger charge is -1.97. The summed E-state index contributed by atoms with van der Waals surface area (Å²) in [5, 5.41) is 4.10. The third-order valence-electron chi connectivity index (χ3n) is 2.45. The Hall–Kier alpha value is -0.860. The van der Waals surface area contributed by atoms with Crippen LogP contribution in [0, 0.1) is 5.92 Å². The SMILES string of the molecule is O=C(NN=C1CCCC1)C1CC1. The average Bonchev–Trinajstić information content (AvgIpc) is 2.80. The summed E-state index contributed by atoms with van der Waals surface area (Å²) in [5.41, 5.74) is 3.81. The lowest BCUT2D eigenvalue weighted by atomic mass is 10.3. The topological polar surface area (TPSA) is 41.5 Å². The van der Waals surface area contributed by atoms with Crippen LogP contribution < -0.4 is 5.43 Å². The minimum atomic E-state index is 0.120. The van der Waals surface area contributed by atoms with Gasteiger partial charge in [-0.15, -0.1) is 0 Å². The van der Waals surface area contributed by atoms with Crippen LogP contribution in [0.1, 0.15) is 38.5 Å². The number of hydrazone groups is 1. The second-order valence-corrected chi connectivity index (χ2v) is 3.64. The zero-order valence-electron chi connectivity index (χ0n) is 7.18. The predicted octanol–water partition coefficient (Wildman–Crippen LogP) is 1.44. The van der Waals surface area contributed by atoms with Crippen molar-refractivity contribution in [1.29, 1.82) is 0 Å². The number of amides is 1. The van der Waals surface area contributed by atoms with E-state index in [1.165, 1.54) is 18.6 Å². The van der Waals surface area contributed by atoms with E-state index in [4.69, 9.17) is 0 Å². The molecule has 0 atom stereocenters. The molecule has 0 aromatic rings. The molecule has 0 aromatic carbocycles. The van der Waals surface area contributed by atoms with Crippen molar-refractivity contribution in [1.82, 2.24) is 5.43 Å². The van der Waals surface area contributed by atoms with Gasteiger partial charge in [-0.1, -0.05) is 0 Å². The molecule has 0 spiro atoms. The Morgan fingerprint density at radius 3 is 2.58 bits per heavy atom. The van der Waals surface area contributed by atoms with Gasteiger partial charge in [0.25, 0.3) is 0 Å². The second-order valence-electron chi connectivity index (χ2n) is 3.64.